The quantitative estimate of drug-likeness (QED) is 0.912. The second-order valence-corrected chi connectivity index (χ2v) is 5.79. The largest absolute Gasteiger partial charge is 0.488 e. The Bertz CT molecular complexity index is 607. The molecule has 2 aromatic rings. The molecule has 0 aromatic heterocycles. The Labute approximate surface area is 124 Å². The Balaban J connectivity index is 1.80. The molecule has 0 bridgehead atoms. The summed E-state index contributed by atoms with van der Waals surface area (Å²) in [7, 11) is 0. The molecule has 2 aromatic carbocycles. The van der Waals surface area contributed by atoms with E-state index in [-0.39, 0.29) is 5.54 Å². The van der Waals surface area contributed by atoms with Crippen LogP contribution >= 0.6 is 11.6 Å². The molecule has 0 spiro atoms. The maximum absolute atomic E-state index is 6.42. The SMILES string of the molecule is NC1(c2ccccc2OCc2ccccc2Cl)CCC1. The van der Waals surface area contributed by atoms with Gasteiger partial charge in [-0.2, -0.15) is 0 Å². The summed E-state index contributed by atoms with van der Waals surface area (Å²) in [6.07, 6.45) is 3.24. The minimum atomic E-state index is -0.211. The third-order valence-electron chi connectivity index (χ3n) is 4.01. The number of hydrogen-bond acceptors (Lipinski definition) is 2. The standard InChI is InChI=1S/C17H18ClNO/c18-15-8-3-1-6-13(15)12-20-16-9-4-2-7-14(16)17(19)10-5-11-17/h1-4,6-9H,5,10-12,19H2. The Morgan fingerprint density at radius 3 is 2.45 bits per heavy atom. The van der Waals surface area contributed by atoms with Crippen LogP contribution in [0.3, 0.4) is 0 Å². The fourth-order valence-corrected chi connectivity index (χ4v) is 2.79. The van der Waals surface area contributed by atoms with Crippen LogP contribution in [0.15, 0.2) is 48.5 Å². The van der Waals surface area contributed by atoms with Gasteiger partial charge in [0.05, 0.1) is 0 Å². The first-order chi connectivity index (χ1) is 9.69. The number of rotatable bonds is 4. The molecule has 1 aliphatic carbocycles. The van der Waals surface area contributed by atoms with E-state index >= 15 is 0 Å². The summed E-state index contributed by atoms with van der Waals surface area (Å²) in [5, 5.41) is 0.732. The highest BCUT2D eigenvalue weighted by molar-refractivity contribution is 6.31. The first-order valence-corrected chi connectivity index (χ1v) is 7.31. The van der Waals surface area contributed by atoms with Gasteiger partial charge in [-0.1, -0.05) is 48.0 Å². The lowest BCUT2D eigenvalue weighted by atomic mass is 9.72. The second kappa shape index (κ2) is 5.47. The Hall–Kier alpha value is -1.51. The van der Waals surface area contributed by atoms with Gasteiger partial charge >= 0.3 is 0 Å². The summed E-state index contributed by atoms with van der Waals surface area (Å²) in [5.74, 6) is 0.870. The van der Waals surface area contributed by atoms with Crippen molar-refractivity contribution in [2.75, 3.05) is 0 Å². The lowest BCUT2D eigenvalue weighted by molar-refractivity contribution is 0.232. The van der Waals surface area contributed by atoms with Gasteiger partial charge in [0.15, 0.2) is 0 Å². The topological polar surface area (TPSA) is 35.2 Å². The second-order valence-electron chi connectivity index (χ2n) is 5.39. The van der Waals surface area contributed by atoms with Gasteiger partial charge < -0.3 is 10.5 Å². The predicted molar refractivity (Wildman–Crippen MR) is 81.9 cm³/mol. The molecular formula is C17H18ClNO. The van der Waals surface area contributed by atoms with Gasteiger partial charge in [0.1, 0.15) is 12.4 Å². The number of benzene rings is 2. The lowest BCUT2D eigenvalue weighted by Gasteiger charge is -2.39. The Morgan fingerprint density at radius 2 is 1.75 bits per heavy atom. The lowest BCUT2D eigenvalue weighted by Crippen LogP contribution is -2.43. The Kier molecular flexibility index (Phi) is 3.68. The summed E-state index contributed by atoms with van der Waals surface area (Å²) in [4.78, 5) is 0. The monoisotopic (exact) mass is 287 g/mol. The van der Waals surface area contributed by atoms with Gasteiger partial charge in [0.25, 0.3) is 0 Å². The van der Waals surface area contributed by atoms with Crippen LogP contribution in [0.2, 0.25) is 5.02 Å². The minimum Gasteiger partial charge on any atom is -0.488 e. The first kappa shape index (κ1) is 13.5. The highest BCUT2D eigenvalue weighted by Gasteiger charge is 2.36. The molecule has 0 unspecified atom stereocenters. The van der Waals surface area contributed by atoms with E-state index in [0.29, 0.717) is 6.61 Å². The van der Waals surface area contributed by atoms with Crippen LogP contribution in [-0.4, -0.2) is 0 Å². The normalized spacial score (nSPS) is 16.5. The molecule has 3 rings (SSSR count). The van der Waals surface area contributed by atoms with Gasteiger partial charge in [-0.15, -0.1) is 0 Å². The summed E-state index contributed by atoms with van der Waals surface area (Å²) in [6.45, 7) is 0.465. The molecular weight excluding hydrogens is 270 g/mol. The third-order valence-corrected chi connectivity index (χ3v) is 4.38. The van der Waals surface area contributed by atoms with Crippen LogP contribution in [0, 0.1) is 0 Å². The summed E-state index contributed by atoms with van der Waals surface area (Å²) in [5.41, 5.74) is 8.31. The van der Waals surface area contributed by atoms with Crippen molar-refractivity contribution in [2.24, 2.45) is 5.73 Å². The minimum absolute atomic E-state index is 0.211. The van der Waals surface area contributed by atoms with Crippen molar-refractivity contribution in [3.63, 3.8) is 0 Å². The van der Waals surface area contributed by atoms with E-state index in [1.807, 2.05) is 42.5 Å². The number of ether oxygens (including phenoxy) is 1. The summed E-state index contributed by atoms with van der Waals surface area (Å²) in [6, 6.07) is 15.8. The van der Waals surface area contributed by atoms with Crippen molar-refractivity contribution in [3.8, 4) is 5.75 Å². The molecule has 0 heterocycles. The molecule has 0 atom stereocenters. The van der Waals surface area contributed by atoms with Crippen LogP contribution in [0.4, 0.5) is 0 Å². The van der Waals surface area contributed by atoms with E-state index in [4.69, 9.17) is 22.1 Å². The van der Waals surface area contributed by atoms with Crippen LogP contribution in [0.1, 0.15) is 30.4 Å². The van der Waals surface area contributed by atoms with Gasteiger partial charge in [-0.25, -0.2) is 0 Å². The molecule has 2 nitrogen and oxygen atoms in total. The van der Waals surface area contributed by atoms with E-state index in [1.165, 1.54) is 6.42 Å². The Morgan fingerprint density at radius 1 is 1.05 bits per heavy atom. The fraction of sp³-hybridized carbons (Fsp3) is 0.294. The molecule has 104 valence electrons. The predicted octanol–water partition coefficient (Wildman–Crippen LogP) is 4.26. The zero-order valence-electron chi connectivity index (χ0n) is 11.3. The van der Waals surface area contributed by atoms with Gasteiger partial charge in [-0.05, 0) is 31.4 Å². The van der Waals surface area contributed by atoms with Crippen molar-refractivity contribution in [2.45, 2.75) is 31.4 Å². The molecule has 1 aliphatic rings. The van der Waals surface area contributed by atoms with E-state index < -0.39 is 0 Å². The van der Waals surface area contributed by atoms with E-state index in [1.54, 1.807) is 0 Å². The third kappa shape index (κ3) is 2.54. The first-order valence-electron chi connectivity index (χ1n) is 6.94. The van der Waals surface area contributed by atoms with E-state index in [2.05, 4.69) is 6.07 Å². The highest BCUT2D eigenvalue weighted by atomic mass is 35.5. The maximum atomic E-state index is 6.42. The maximum Gasteiger partial charge on any atom is 0.124 e. The average Bonchev–Trinajstić information content (AvgIpc) is 2.44. The van der Waals surface area contributed by atoms with E-state index in [9.17, 15) is 0 Å². The van der Waals surface area contributed by atoms with Crippen LogP contribution in [-0.2, 0) is 12.1 Å². The molecule has 0 aliphatic heterocycles. The molecule has 2 N–H and O–H groups in total. The van der Waals surface area contributed by atoms with Crippen molar-refractivity contribution < 1.29 is 4.74 Å². The van der Waals surface area contributed by atoms with Gasteiger partial charge in [0.2, 0.25) is 0 Å². The molecule has 20 heavy (non-hydrogen) atoms. The number of hydrogen-bond donors (Lipinski definition) is 1. The fourth-order valence-electron chi connectivity index (χ4n) is 2.60. The summed E-state index contributed by atoms with van der Waals surface area (Å²) >= 11 is 6.15. The van der Waals surface area contributed by atoms with Crippen molar-refractivity contribution >= 4 is 11.6 Å². The molecule has 1 fully saturated rings. The molecule has 0 saturated heterocycles. The van der Waals surface area contributed by atoms with Crippen LogP contribution < -0.4 is 10.5 Å². The highest BCUT2D eigenvalue weighted by Crippen LogP contribution is 2.42. The smallest absolute Gasteiger partial charge is 0.124 e. The van der Waals surface area contributed by atoms with Crippen molar-refractivity contribution in [1.82, 2.24) is 0 Å². The number of para-hydroxylation sites is 1. The van der Waals surface area contributed by atoms with Crippen molar-refractivity contribution in [1.29, 1.82) is 0 Å². The van der Waals surface area contributed by atoms with Crippen molar-refractivity contribution in [3.05, 3.63) is 64.7 Å². The zero-order chi connectivity index (χ0) is 14.0. The number of halogens is 1. The molecule has 0 radical (unpaired) electrons. The zero-order valence-corrected chi connectivity index (χ0v) is 12.1. The molecule has 3 heteroatoms. The molecule has 0 amide bonds. The van der Waals surface area contributed by atoms with Crippen LogP contribution in [0.5, 0.6) is 5.75 Å². The number of nitrogens with two attached hydrogens (primary N) is 1. The van der Waals surface area contributed by atoms with Gasteiger partial charge in [0, 0.05) is 21.7 Å². The van der Waals surface area contributed by atoms with Crippen LogP contribution in [0.25, 0.3) is 0 Å². The molecule has 1 saturated carbocycles. The van der Waals surface area contributed by atoms with Gasteiger partial charge in [-0.3, -0.25) is 0 Å². The van der Waals surface area contributed by atoms with E-state index in [0.717, 1.165) is 34.7 Å². The summed E-state index contributed by atoms with van der Waals surface area (Å²) < 4.78 is 5.96. The average molecular weight is 288 g/mol.